The third kappa shape index (κ3) is 4.86. The van der Waals surface area contributed by atoms with E-state index in [2.05, 4.69) is 5.32 Å². The molecule has 6 nitrogen and oxygen atoms in total. The number of amides is 2. The van der Waals surface area contributed by atoms with Crippen LogP contribution in [0.1, 0.15) is 38.8 Å². The molecule has 28 heavy (non-hydrogen) atoms. The van der Waals surface area contributed by atoms with Gasteiger partial charge < -0.3 is 14.8 Å². The van der Waals surface area contributed by atoms with E-state index < -0.39 is 35.2 Å². The Hall–Kier alpha value is -2.48. The number of halogens is 2. The molecule has 154 valence electrons. The molecule has 2 amide bonds. The van der Waals surface area contributed by atoms with Gasteiger partial charge in [0.25, 0.3) is 0 Å². The number of benzene rings is 1. The Kier molecular flexibility index (Phi) is 7.51. The first-order valence-corrected chi connectivity index (χ1v) is 9.16. The number of rotatable bonds is 8. The lowest BCUT2D eigenvalue weighted by atomic mass is 9.93. The fourth-order valence-corrected chi connectivity index (χ4v) is 3.00. The van der Waals surface area contributed by atoms with Gasteiger partial charge in [-0.25, -0.2) is 18.4 Å². The van der Waals surface area contributed by atoms with Crippen molar-refractivity contribution >= 4 is 12.0 Å². The molecule has 0 unspecified atom stereocenters. The standard InChI is InChI=1S/C20H26F2N2O4/c1-12(2)8-9-24-13(3)16(19(25)28-11-10-27-4)18(23-20(24)26)17-14(21)6-5-7-15(17)22/h5-7,12,18H,8-11H2,1-4H3,(H,23,26)/t18-/m0/s1. The summed E-state index contributed by atoms with van der Waals surface area (Å²) in [5.74, 6) is -2.12. The van der Waals surface area contributed by atoms with Crippen LogP contribution in [0.4, 0.5) is 13.6 Å². The number of methoxy groups -OCH3 is 1. The Morgan fingerprint density at radius 2 is 1.89 bits per heavy atom. The predicted molar refractivity (Wildman–Crippen MR) is 99.3 cm³/mol. The number of carbonyl (C=O) groups excluding carboxylic acids is 2. The van der Waals surface area contributed by atoms with Crippen LogP contribution in [0.2, 0.25) is 0 Å². The maximum atomic E-state index is 14.4. The molecule has 0 aliphatic carbocycles. The number of nitrogens with one attached hydrogen (secondary N) is 1. The average molecular weight is 396 g/mol. The topological polar surface area (TPSA) is 67.9 Å². The maximum absolute atomic E-state index is 14.4. The first kappa shape index (κ1) is 21.8. The monoisotopic (exact) mass is 396 g/mol. The number of hydrogen-bond donors (Lipinski definition) is 1. The van der Waals surface area contributed by atoms with Crippen molar-refractivity contribution in [2.24, 2.45) is 5.92 Å². The summed E-state index contributed by atoms with van der Waals surface area (Å²) in [4.78, 5) is 26.7. The van der Waals surface area contributed by atoms with Crippen LogP contribution in [0.5, 0.6) is 0 Å². The zero-order chi connectivity index (χ0) is 20.8. The van der Waals surface area contributed by atoms with Crippen LogP contribution in [0.15, 0.2) is 29.5 Å². The van der Waals surface area contributed by atoms with Crippen molar-refractivity contribution < 1.29 is 27.8 Å². The van der Waals surface area contributed by atoms with Gasteiger partial charge in [0.1, 0.15) is 18.2 Å². The number of allylic oxidation sites excluding steroid dienone is 1. The quantitative estimate of drug-likeness (QED) is 0.539. The predicted octanol–water partition coefficient (Wildman–Crippen LogP) is 3.54. The van der Waals surface area contributed by atoms with Crippen molar-refractivity contribution in [2.75, 3.05) is 26.9 Å². The molecule has 8 heteroatoms. The van der Waals surface area contributed by atoms with Crippen LogP contribution >= 0.6 is 0 Å². The minimum atomic E-state index is -1.28. The minimum absolute atomic E-state index is 0.00320. The Bertz CT molecular complexity index is 744. The Morgan fingerprint density at radius 3 is 2.46 bits per heavy atom. The molecule has 1 heterocycles. The highest BCUT2D eigenvalue weighted by Gasteiger charge is 2.38. The van der Waals surface area contributed by atoms with Gasteiger partial charge in [0.15, 0.2) is 0 Å². The maximum Gasteiger partial charge on any atom is 0.338 e. The van der Waals surface area contributed by atoms with E-state index in [1.54, 1.807) is 6.92 Å². The third-order valence-electron chi connectivity index (χ3n) is 4.56. The van der Waals surface area contributed by atoms with Crippen LogP contribution < -0.4 is 5.32 Å². The lowest BCUT2D eigenvalue weighted by Crippen LogP contribution is -2.49. The molecule has 1 N–H and O–H groups in total. The molecule has 1 aromatic rings. The van der Waals surface area contributed by atoms with Crippen LogP contribution in [0, 0.1) is 17.6 Å². The van der Waals surface area contributed by atoms with E-state index >= 15 is 0 Å². The number of nitrogens with zero attached hydrogens (tertiary/aromatic N) is 1. The van der Waals surface area contributed by atoms with Crippen molar-refractivity contribution in [2.45, 2.75) is 33.2 Å². The average Bonchev–Trinajstić information content (AvgIpc) is 2.61. The second-order valence-corrected chi connectivity index (χ2v) is 6.98. The number of hydrogen-bond acceptors (Lipinski definition) is 4. The first-order chi connectivity index (χ1) is 13.3. The summed E-state index contributed by atoms with van der Waals surface area (Å²) in [6.07, 6.45) is 0.704. The number of urea groups is 1. The van der Waals surface area contributed by atoms with E-state index in [-0.39, 0.29) is 18.8 Å². The summed E-state index contributed by atoms with van der Waals surface area (Å²) in [5, 5.41) is 2.56. The second kappa shape index (κ2) is 9.64. The SMILES string of the molecule is COCCOC(=O)C1=C(C)N(CCC(C)C)C(=O)N[C@@H]1c1c(F)cccc1F. The van der Waals surface area contributed by atoms with E-state index in [1.807, 2.05) is 13.8 Å². The van der Waals surface area contributed by atoms with Crippen molar-refractivity contribution in [3.05, 3.63) is 46.7 Å². The Morgan fingerprint density at radius 1 is 1.25 bits per heavy atom. The Labute approximate surface area is 163 Å². The third-order valence-corrected chi connectivity index (χ3v) is 4.56. The first-order valence-electron chi connectivity index (χ1n) is 9.16. The smallest absolute Gasteiger partial charge is 0.338 e. The van der Waals surface area contributed by atoms with Gasteiger partial charge in [-0.3, -0.25) is 4.90 Å². The highest BCUT2D eigenvalue weighted by atomic mass is 19.1. The van der Waals surface area contributed by atoms with E-state index in [0.717, 1.165) is 12.1 Å². The van der Waals surface area contributed by atoms with Crippen molar-refractivity contribution in [3.8, 4) is 0 Å². The molecule has 1 aliphatic rings. The van der Waals surface area contributed by atoms with Gasteiger partial charge in [0.05, 0.1) is 23.8 Å². The molecule has 1 atom stereocenters. The molecule has 0 aromatic heterocycles. The van der Waals surface area contributed by atoms with Crippen LogP contribution in [-0.2, 0) is 14.3 Å². The van der Waals surface area contributed by atoms with E-state index in [4.69, 9.17) is 9.47 Å². The summed E-state index contributed by atoms with van der Waals surface area (Å²) in [6.45, 7) is 6.14. The highest BCUT2D eigenvalue weighted by Crippen LogP contribution is 2.34. The lowest BCUT2D eigenvalue weighted by Gasteiger charge is -2.35. The van der Waals surface area contributed by atoms with Crippen molar-refractivity contribution in [3.63, 3.8) is 0 Å². The molecule has 1 aromatic carbocycles. The summed E-state index contributed by atoms with van der Waals surface area (Å²) in [5.41, 5.74) is -0.0691. The zero-order valence-corrected chi connectivity index (χ0v) is 16.6. The second-order valence-electron chi connectivity index (χ2n) is 6.98. The molecular formula is C20H26F2N2O4. The molecule has 0 spiro atoms. The number of carbonyl (C=O) groups is 2. The number of ether oxygens (including phenoxy) is 2. The molecule has 0 bridgehead atoms. The molecule has 0 fully saturated rings. The van der Waals surface area contributed by atoms with Crippen molar-refractivity contribution in [1.82, 2.24) is 10.2 Å². The van der Waals surface area contributed by atoms with Crippen molar-refractivity contribution in [1.29, 1.82) is 0 Å². The number of esters is 1. The zero-order valence-electron chi connectivity index (χ0n) is 16.6. The Balaban J connectivity index is 2.48. The van der Waals surface area contributed by atoms with Gasteiger partial charge in [-0.2, -0.15) is 0 Å². The van der Waals surface area contributed by atoms with E-state index in [1.165, 1.54) is 18.1 Å². The van der Waals surface area contributed by atoms with Crippen LogP contribution in [-0.4, -0.2) is 43.8 Å². The van der Waals surface area contributed by atoms with E-state index in [9.17, 15) is 18.4 Å². The summed E-state index contributed by atoms with van der Waals surface area (Å²) in [7, 11) is 1.46. The summed E-state index contributed by atoms with van der Waals surface area (Å²) in [6, 6.07) is 1.59. The molecule has 0 saturated heterocycles. The lowest BCUT2D eigenvalue weighted by molar-refractivity contribution is -0.140. The van der Waals surface area contributed by atoms with Crippen LogP contribution in [0.3, 0.4) is 0 Å². The van der Waals surface area contributed by atoms with Gasteiger partial charge in [-0.15, -0.1) is 0 Å². The van der Waals surface area contributed by atoms with Gasteiger partial charge in [0, 0.05) is 19.4 Å². The van der Waals surface area contributed by atoms with Gasteiger partial charge in [-0.1, -0.05) is 19.9 Å². The fourth-order valence-electron chi connectivity index (χ4n) is 3.00. The van der Waals surface area contributed by atoms with Gasteiger partial charge in [0.2, 0.25) is 0 Å². The summed E-state index contributed by atoms with van der Waals surface area (Å²) < 4.78 is 38.8. The molecular weight excluding hydrogens is 370 g/mol. The highest BCUT2D eigenvalue weighted by molar-refractivity contribution is 5.95. The van der Waals surface area contributed by atoms with Crippen LogP contribution in [0.25, 0.3) is 0 Å². The molecule has 2 rings (SSSR count). The molecule has 0 radical (unpaired) electrons. The largest absolute Gasteiger partial charge is 0.460 e. The minimum Gasteiger partial charge on any atom is -0.460 e. The van der Waals surface area contributed by atoms with Gasteiger partial charge >= 0.3 is 12.0 Å². The normalized spacial score (nSPS) is 17.2. The fraction of sp³-hybridized carbons (Fsp3) is 0.500. The molecule has 0 saturated carbocycles. The summed E-state index contributed by atoms with van der Waals surface area (Å²) >= 11 is 0. The molecule has 1 aliphatic heterocycles. The van der Waals surface area contributed by atoms with Gasteiger partial charge in [-0.05, 0) is 31.4 Å². The van der Waals surface area contributed by atoms with E-state index in [0.29, 0.717) is 24.6 Å².